The Morgan fingerprint density at radius 3 is 2.75 bits per heavy atom. The lowest BCUT2D eigenvalue weighted by atomic mass is 10.7. The van der Waals surface area contributed by atoms with Crippen LogP contribution in [-0.4, -0.2) is 11.1 Å². The van der Waals surface area contributed by atoms with Crippen molar-refractivity contribution in [3.63, 3.8) is 0 Å². The fourth-order valence-electron chi connectivity index (χ4n) is 0.484. The summed E-state index contributed by atoms with van der Waals surface area (Å²) in [6.45, 7) is 0. The van der Waals surface area contributed by atoms with Crippen molar-refractivity contribution in [2.24, 2.45) is 0 Å². The van der Waals surface area contributed by atoms with Crippen LogP contribution in [0.15, 0.2) is 17.5 Å². The highest BCUT2D eigenvalue weighted by molar-refractivity contribution is 7.53. The molecule has 0 spiro atoms. The van der Waals surface area contributed by atoms with Crippen LogP contribution in [0.3, 0.4) is 0 Å². The van der Waals surface area contributed by atoms with E-state index in [1.807, 2.05) is 0 Å². The highest BCUT2D eigenvalue weighted by Crippen LogP contribution is 2.49. The van der Waals surface area contributed by atoms with Crippen LogP contribution < -0.4 is 4.52 Å². The maximum atomic E-state index is 11.8. The van der Waals surface area contributed by atoms with E-state index in [2.05, 4.69) is 4.52 Å². The van der Waals surface area contributed by atoms with Crippen molar-refractivity contribution in [2.75, 3.05) is 0 Å². The van der Waals surface area contributed by atoms with Gasteiger partial charge in [0.05, 0.1) is 0 Å². The molecular weight excluding hydrogens is 209 g/mol. The van der Waals surface area contributed by atoms with Gasteiger partial charge in [-0.1, -0.05) is 0 Å². The van der Waals surface area contributed by atoms with Gasteiger partial charge in [0.1, 0.15) is 0 Å². The van der Waals surface area contributed by atoms with Gasteiger partial charge in [-0.15, -0.1) is 11.3 Å². The normalized spacial score (nSPS) is 16.0. The molecule has 0 amide bonds. The van der Waals surface area contributed by atoms with Gasteiger partial charge in [-0.3, -0.25) is 0 Å². The van der Waals surface area contributed by atoms with Crippen LogP contribution in [0.5, 0.6) is 5.06 Å². The molecule has 0 radical (unpaired) electrons. The summed E-state index contributed by atoms with van der Waals surface area (Å²) in [5, 5.41) is 1.57. The van der Waals surface area contributed by atoms with E-state index in [1.54, 1.807) is 5.38 Å². The van der Waals surface area contributed by atoms with E-state index < -0.39 is 13.8 Å². The molecule has 3 nitrogen and oxygen atoms in total. The number of hydrogen-bond donors (Lipinski definition) is 1. The topological polar surface area (TPSA) is 46.5 Å². The first kappa shape index (κ1) is 9.64. The highest BCUT2D eigenvalue weighted by Gasteiger charge is 2.34. The third kappa shape index (κ3) is 2.27. The number of alkyl halides is 2. The van der Waals surface area contributed by atoms with Crippen molar-refractivity contribution in [3.8, 4) is 5.06 Å². The van der Waals surface area contributed by atoms with Gasteiger partial charge in [0.15, 0.2) is 5.06 Å². The molecule has 7 heteroatoms. The predicted octanol–water partition coefficient (Wildman–Crippen LogP) is 2.53. The van der Waals surface area contributed by atoms with Crippen LogP contribution in [-0.2, 0) is 4.57 Å². The van der Waals surface area contributed by atoms with E-state index in [1.165, 1.54) is 12.1 Å². The number of hydrogen-bond acceptors (Lipinski definition) is 3. The molecule has 0 bridgehead atoms. The van der Waals surface area contributed by atoms with Gasteiger partial charge in [-0.2, -0.15) is 8.78 Å². The Kier molecular flexibility index (Phi) is 2.82. The molecule has 1 rings (SSSR count). The lowest BCUT2D eigenvalue weighted by molar-refractivity contribution is 0.189. The second-order valence-corrected chi connectivity index (χ2v) is 4.48. The molecule has 0 aliphatic heterocycles. The van der Waals surface area contributed by atoms with Crippen LogP contribution in [0.25, 0.3) is 0 Å². The van der Waals surface area contributed by atoms with Crippen LogP contribution >= 0.6 is 18.9 Å². The van der Waals surface area contributed by atoms with Crippen molar-refractivity contribution in [3.05, 3.63) is 17.5 Å². The Morgan fingerprint density at radius 1 is 1.67 bits per heavy atom. The van der Waals surface area contributed by atoms with Crippen molar-refractivity contribution in [1.29, 1.82) is 0 Å². The summed E-state index contributed by atoms with van der Waals surface area (Å²) in [4.78, 5) is 8.55. The van der Waals surface area contributed by atoms with Crippen molar-refractivity contribution < 1.29 is 22.8 Å². The molecule has 1 N–H and O–H groups in total. The molecule has 12 heavy (non-hydrogen) atoms. The Hall–Kier alpha value is -0.450. The summed E-state index contributed by atoms with van der Waals surface area (Å²) in [7, 11) is -4.78. The molecule has 0 aliphatic carbocycles. The van der Waals surface area contributed by atoms with Gasteiger partial charge in [-0.05, 0) is 17.5 Å². The van der Waals surface area contributed by atoms with E-state index in [0.717, 1.165) is 11.3 Å². The fourth-order valence-corrected chi connectivity index (χ4v) is 1.82. The molecule has 1 aromatic heterocycles. The molecule has 0 aliphatic rings. The van der Waals surface area contributed by atoms with E-state index in [0.29, 0.717) is 0 Å². The van der Waals surface area contributed by atoms with Crippen LogP contribution in [0, 0.1) is 0 Å². The zero-order valence-electron chi connectivity index (χ0n) is 5.68. The van der Waals surface area contributed by atoms with Crippen LogP contribution in [0.2, 0.25) is 0 Å². The highest BCUT2D eigenvalue weighted by atomic mass is 32.1. The first-order valence-electron chi connectivity index (χ1n) is 2.86. The summed E-state index contributed by atoms with van der Waals surface area (Å²) >= 11 is 0.979. The average Bonchev–Trinajstić information content (AvgIpc) is 2.38. The van der Waals surface area contributed by atoms with E-state index in [9.17, 15) is 13.3 Å². The van der Waals surface area contributed by atoms with Crippen LogP contribution in [0.1, 0.15) is 0 Å². The molecule has 0 saturated carbocycles. The molecule has 0 aromatic carbocycles. The molecule has 1 heterocycles. The van der Waals surface area contributed by atoms with Crippen molar-refractivity contribution in [2.45, 2.75) is 6.17 Å². The molecular formula is C5H5F2O3PS. The SMILES string of the molecule is O=P(O)(Oc1cccs1)C(F)F. The monoisotopic (exact) mass is 214 g/mol. The summed E-state index contributed by atoms with van der Waals surface area (Å²) < 4.78 is 38.3. The van der Waals surface area contributed by atoms with Crippen molar-refractivity contribution >= 4 is 18.9 Å². The zero-order chi connectivity index (χ0) is 9.19. The maximum Gasteiger partial charge on any atom is 0.443 e. The predicted molar refractivity (Wildman–Crippen MR) is 40.8 cm³/mol. The Balaban J connectivity index is 2.69. The second kappa shape index (κ2) is 3.51. The van der Waals surface area contributed by atoms with Gasteiger partial charge >= 0.3 is 13.8 Å². The molecule has 0 saturated heterocycles. The van der Waals surface area contributed by atoms with Gasteiger partial charge in [0, 0.05) is 0 Å². The molecule has 68 valence electrons. The first-order chi connectivity index (χ1) is 5.52. The third-order valence-electron chi connectivity index (χ3n) is 0.962. The Labute approximate surface area is 71.1 Å². The lowest BCUT2D eigenvalue weighted by Crippen LogP contribution is -1.99. The summed E-state index contributed by atoms with van der Waals surface area (Å²) in [6.07, 6.45) is -3.36. The van der Waals surface area contributed by atoms with E-state index in [4.69, 9.17) is 4.89 Å². The van der Waals surface area contributed by atoms with Crippen molar-refractivity contribution in [1.82, 2.24) is 0 Å². The molecule has 1 unspecified atom stereocenters. The van der Waals surface area contributed by atoms with Gasteiger partial charge < -0.3 is 9.42 Å². The summed E-state index contributed by atoms with van der Waals surface area (Å²) in [6, 6.07) is 2.88. The minimum atomic E-state index is -4.78. The van der Waals surface area contributed by atoms with Crippen LogP contribution in [0.4, 0.5) is 8.78 Å². The maximum absolute atomic E-state index is 11.8. The molecule has 1 atom stereocenters. The quantitative estimate of drug-likeness (QED) is 0.786. The largest absolute Gasteiger partial charge is 0.443 e. The minimum Gasteiger partial charge on any atom is -0.410 e. The second-order valence-electron chi connectivity index (χ2n) is 1.87. The average molecular weight is 214 g/mol. The van der Waals surface area contributed by atoms with E-state index >= 15 is 0 Å². The van der Waals surface area contributed by atoms with Gasteiger partial charge in [0.2, 0.25) is 0 Å². The Bertz CT molecular complexity index is 287. The smallest absolute Gasteiger partial charge is 0.410 e. The number of thiophene rings is 1. The zero-order valence-corrected chi connectivity index (χ0v) is 7.40. The lowest BCUT2D eigenvalue weighted by Gasteiger charge is -2.09. The fraction of sp³-hybridized carbons (Fsp3) is 0.200. The first-order valence-corrected chi connectivity index (χ1v) is 5.39. The summed E-state index contributed by atoms with van der Waals surface area (Å²) in [5.41, 5.74) is 0. The standard InChI is InChI=1S/C5H5F2O3PS/c6-5(7)11(8,9)10-4-2-1-3-12-4/h1-3,5H,(H,8,9). The molecule has 0 fully saturated rings. The Morgan fingerprint density at radius 2 is 2.33 bits per heavy atom. The third-order valence-corrected chi connectivity index (χ3v) is 2.78. The van der Waals surface area contributed by atoms with Gasteiger partial charge in [0.25, 0.3) is 0 Å². The number of halogens is 2. The van der Waals surface area contributed by atoms with E-state index in [-0.39, 0.29) is 5.06 Å². The summed E-state index contributed by atoms with van der Waals surface area (Å²) in [5.74, 6) is 0. The van der Waals surface area contributed by atoms with Gasteiger partial charge in [-0.25, -0.2) is 4.57 Å². The molecule has 1 aromatic rings. The number of rotatable bonds is 3. The minimum absolute atomic E-state index is 0.0149.